The Balaban J connectivity index is 1.49. The lowest BCUT2D eigenvalue weighted by Gasteiger charge is -2.34. The van der Waals surface area contributed by atoms with Gasteiger partial charge in [0.05, 0.1) is 34.0 Å². The number of thiazole rings is 1. The molecule has 2 aromatic carbocycles. The fourth-order valence-corrected chi connectivity index (χ4v) is 6.28. The molecule has 0 bridgehead atoms. The van der Waals surface area contributed by atoms with Crippen molar-refractivity contribution in [3.63, 3.8) is 0 Å². The normalized spacial score (nSPS) is 19.8. The monoisotopic (exact) mass is 524 g/mol. The molecule has 3 aromatic rings. The van der Waals surface area contributed by atoms with Crippen LogP contribution in [0.4, 0.5) is 5.13 Å². The first-order valence-electron chi connectivity index (χ1n) is 10.2. The number of hydrogen-bond acceptors (Lipinski definition) is 7. The molecule has 2 atom stereocenters. The number of ether oxygens (including phenoxy) is 1. The molecule has 0 saturated carbocycles. The Morgan fingerprint density at radius 2 is 1.94 bits per heavy atom. The minimum atomic E-state index is -3.64. The summed E-state index contributed by atoms with van der Waals surface area (Å²) in [5.74, 6) is 0. The summed E-state index contributed by atoms with van der Waals surface area (Å²) < 4.78 is 33.5. The molecule has 1 aliphatic heterocycles. The fraction of sp³-hybridized carbons (Fsp3) is 0.273. The highest BCUT2D eigenvalue weighted by atomic mass is 35.5. The van der Waals surface area contributed by atoms with Gasteiger partial charge >= 0.3 is 0 Å². The van der Waals surface area contributed by atoms with Gasteiger partial charge in [0.25, 0.3) is 0 Å². The number of anilines is 1. The summed E-state index contributed by atoms with van der Waals surface area (Å²) in [5, 5.41) is 7.63. The highest BCUT2D eigenvalue weighted by molar-refractivity contribution is 7.89. The van der Waals surface area contributed by atoms with E-state index in [-0.39, 0.29) is 17.1 Å². The Morgan fingerprint density at radius 1 is 1.18 bits per heavy atom. The van der Waals surface area contributed by atoms with E-state index in [0.717, 1.165) is 5.56 Å². The second-order valence-corrected chi connectivity index (χ2v) is 11.3. The molecule has 1 aromatic heterocycles. The Kier molecular flexibility index (Phi) is 7.37. The van der Waals surface area contributed by atoms with Crippen molar-refractivity contribution >= 4 is 55.9 Å². The van der Waals surface area contributed by atoms with Crippen LogP contribution >= 0.6 is 34.5 Å². The first-order chi connectivity index (χ1) is 15.7. The molecule has 174 valence electrons. The van der Waals surface area contributed by atoms with E-state index in [1.165, 1.54) is 15.6 Å². The predicted molar refractivity (Wildman–Crippen MR) is 134 cm³/mol. The van der Waals surface area contributed by atoms with Crippen molar-refractivity contribution in [2.45, 2.75) is 31.0 Å². The van der Waals surface area contributed by atoms with Gasteiger partial charge < -0.3 is 4.74 Å². The van der Waals surface area contributed by atoms with Gasteiger partial charge in [0.15, 0.2) is 0 Å². The lowest BCUT2D eigenvalue weighted by Crippen LogP contribution is -2.48. The Bertz CT molecular complexity index is 1270. The summed E-state index contributed by atoms with van der Waals surface area (Å²) in [4.78, 5) is 4.75. The third-order valence-electron chi connectivity index (χ3n) is 4.98. The maximum absolute atomic E-state index is 13.2. The second-order valence-electron chi connectivity index (χ2n) is 7.68. The van der Waals surface area contributed by atoms with Gasteiger partial charge in [-0.05, 0) is 38.1 Å². The number of nitrogens with one attached hydrogen (secondary N) is 1. The second kappa shape index (κ2) is 10.1. The molecule has 11 heteroatoms. The number of hydrogen-bond donors (Lipinski definition) is 1. The van der Waals surface area contributed by atoms with Crippen LogP contribution in [0.1, 0.15) is 19.4 Å². The van der Waals surface area contributed by atoms with E-state index in [9.17, 15) is 8.42 Å². The third kappa shape index (κ3) is 5.74. The summed E-state index contributed by atoms with van der Waals surface area (Å²) in [7, 11) is -3.64. The largest absolute Gasteiger partial charge is 0.373 e. The molecule has 7 nitrogen and oxygen atoms in total. The highest BCUT2D eigenvalue weighted by Crippen LogP contribution is 2.29. The number of benzene rings is 2. The van der Waals surface area contributed by atoms with Crippen molar-refractivity contribution < 1.29 is 13.2 Å². The van der Waals surface area contributed by atoms with Crippen LogP contribution < -0.4 is 5.43 Å². The zero-order chi connectivity index (χ0) is 23.6. The van der Waals surface area contributed by atoms with E-state index < -0.39 is 10.0 Å². The molecule has 1 aliphatic rings. The van der Waals surface area contributed by atoms with E-state index in [0.29, 0.717) is 39.5 Å². The molecule has 1 N–H and O–H groups in total. The Hall–Kier alpha value is -2.01. The fourth-order valence-electron chi connectivity index (χ4n) is 3.51. The molecule has 1 fully saturated rings. The first-order valence-corrected chi connectivity index (χ1v) is 13.3. The molecule has 0 unspecified atom stereocenters. The van der Waals surface area contributed by atoms with Gasteiger partial charge in [-0.3, -0.25) is 5.43 Å². The maximum Gasteiger partial charge on any atom is 0.243 e. The molecule has 4 rings (SSSR count). The standard InChI is InChI=1S/C22H22Cl2N4O3S2/c1-14-11-28(12-15(2)31-14)33(29,30)19-5-3-4-16(8-19)21-13-32-22(26-21)27-25-10-17-6-7-18(23)9-20(17)24/h3-10,13-15H,11-12H2,1-2H3,(H,26,27)/b25-10+/t14-,15-/m1/s1. The van der Waals surface area contributed by atoms with Crippen LogP contribution in [0.5, 0.6) is 0 Å². The van der Waals surface area contributed by atoms with Crippen molar-refractivity contribution in [2.24, 2.45) is 5.10 Å². The number of sulfonamides is 1. The minimum Gasteiger partial charge on any atom is -0.373 e. The van der Waals surface area contributed by atoms with Crippen LogP contribution in [0, 0.1) is 0 Å². The van der Waals surface area contributed by atoms with E-state index in [1.807, 2.05) is 25.3 Å². The summed E-state index contributed by atoms with van der Waals surface area (Å²) in [5.41, 5.74) is 4.96. The topological polar surface area (TPSA) is 83.9 Å². The van der Waals surface area contributed by atoms with E-state index in [2.05, 4.69) is 15.5 Å². The van der Waals surface area contributed by atoms with Gasteiger partial charge in [0.2, 0.25) is 15.2 Å². The molecule has 33 heavy (non-hydrogen) atoms. The lowest BCUT2D eigenvalue weighted by molar-refractivity contribution is -0.0440. The number of morpholine rings is 1. The van der Waals surface area contributed by atoms with Crippen LogP contribution in [0.2, 0.25) is 10.0 Å². The Labute approximate surface area is 207 Å². The van der Waals surface area contributed by atoms with Crippen molar-refractivity contribution in [1.82, 2.24) is 9.29 Å². The summed E-state index contributed by atoms with van der Waals surface area (Å²) in [6.07, 6.45) is 1.28. The number of hydrazone groups is 1. The van der Waals surface area contributed by atoms with Crippen LogP contribution in [-0.4, -0.2) is 49.2 Å². The quantitative estimate of drug-likeness (QED) is 0.346. The van der Waals surface area contributed by atoms with E-state index >= 15 is 0 Å². The minimum absolute atomic E-state index is 0.151. The van der Waals surface area contributed by atoms with Crippen LogP contribution in [0.3, 0.4) is 0 Å². The first kappa shape index (κ1) is 24.1. The van der Waals surface area contributed by atoms with E-state index in [1.54, 1.807) is 42.6 Å². The molecule has 0 aliphatic carbocycles. The SMILES string of the molecule is C[C@@H]1CN(S(=O)(=O)c2cccc(-c3csc(N/N=C/c4ccc(Cl)cc4Cl)n3)c2)C[C@@H](C)O1. The Morgan fingerprint density at radius 3 is 2.67 bits per heavy atom. The van der Waals surface area contributed by atoms with Crippen LogP contribution in [0.25, 0.3) is 11.3 Å². The van der Waals surface area contributed by atoms with Crippen molar-refractivity contribution in [3.8, 4) is 11.3 Å². The van der Waals surface area contributed by atoms with Gasteiger partial charge in [-0.1, -0.05) is 41.4 Å². The number of nitrogens with zero attached hydrogens (tertiary/aromatic N) is 3. The molecular weight excluding hydrogens is 503 g/mol. The molecule has 0 spiro atoms. The van der Waals surface area contributed by atoms with Gasteiger partial charge in [-0.2, -0.15) is 9.41 Å². The molecule has 2 heterocycles. The van der Waals surface area contributed by atoms with Gasteiger partial charge in [-0.25, -0.2) is 13.4 Å². The lowest BCUT2D eigenvalue weighted by atomic mass is 10.2. The van der Waals surface area contributed by atoms with Crippen molar-refractivity contribution in [3.05, 3.63) is 63.5 Å². The zero-order valence-corrected chi connectivity index (χ0v) is 21.0. The van der Waals surface area contributed by atoms with Gasteiger partial charge in [-0.15, -0.1) is 11.3 Å². The molecule has 0 amide bonds. The van der Waals surface area contributed by atoms with Crippen molar-refractivity contribution in [1.29, 1.82) is 0 Å². The molecule has 1 saturated heterocycles. The zero-order valence-electron chi connectivity index (χ0n) is 17.9. The molecule has 0 radical (unpaired) electrons. The summed E-state index contributed by atoms with van der Waals surface area (Å²) in [6, 6.07) is 12.0. The average molecular weight is 525 g/mol. The predicted octanol–water partition coefficient (Wildman–Crippen LogP) is 5.36. The van der Waals surface area contributed by atoms with Gasteiger partial charge in [0, 0.05) is 34.6 Å². The van der Waals surface area contributed by atoms with Crippen molar-refractivity contribution in [2.75, 3.05) is 18.5 Å². The summed E-state index contributed by atoms with van der Waals surface area (Å²) in [6.45, 7) is 4.41. The maximum atomic E-state index is 13.2. The number of rotatable bonds is 6. The third-order valence-corrected chi connectivity index (χ3v) is 8.12. The summed E-state index contributed by atoms with van der Waals surface area (Å²) >= 11 is 13.4. The smallest absolute Gasteiger partial charge is 0.243 e. The average Bonchev–Trinajstić information content (AvgIpc) is 3.24. The van der Waals surface area contributed by atoms with Gasteiger partial charge in [0.1, 0.15) is 0 Å². The number of aromatic nitrogens is 1. The van der Waals surface area contributed by atoms with E-state index in [4.69, 9.17) is 27.9 Å². The number of halogens is 2. The van der Waals surface area contributed by atoms with Crippen LogP contribution in [-0.2, 0) is 14.8 Å². The van der Waals surface area contributed by atoms with Crippen LogP contribution in [0.15, 0.2) is 57.8 Å². The molecular formula is C22H22Cl2N4O3S2. The highest BCUT2D eigenvalue weighted by Gasteiger charge is 2.32.